The molecule has 1 aliphatic heterocycles. The molecule has 1 amide bonds. The first-order valence-corrected chi connectivity index (χ1v) is 6.92. The summed E-state index contributed by atoms with van der Waals surface area (Å²) in [5.74, 6) is -0.382. The Morgan fingerprint density at radius 1 is 1.58 bits per heavy atom. The number of hydrogen-bond acceptors (Lipinski definition) is 2. The topological polar surface area (TPSA) is 41.1 Å². The average Bonchev–Trinajstić information content (AvgIpc) is 2.42. The smallest absolute Gasteiger partial charge is 0.224 e. The van der Waals surface area contributed by atoms with E-state index in [2.05, 4.69) is 10.6 Å². The highest BCUT2D eigenvalue weighted by Gasteiger charge is 2.22. The molecule has 2 atom stereocenters. The van der Waals surface area contributed by atoms with Gasteiger partial charge in [-0.05, 0) is 44.0 Å². The highest BCUT2D eigenvalue weighted by molar-refractivity contribution is 6.30. The van der Waals surface area contributed by atoms with Crippen molar-refractivity contribution in [1.82, 2.24) is 10.6 Å². The SMILES string of the molecule is CC(NC(=O)C1CCCNC1)c1ccc(F)c(Cl)c1. The van der Waals surface area contributed by atoms with E-state index < -0.39 is 5.82 Å². The summed E-state index contributed by atoms with van der Waals surface area (Å²) in [4.78, 5) is 12.1. The minimum Gasteiger partial charge on any atom is -0.349 e. The fourth-order valence-corrected chi connectivity index (χ4v) is 2.46. The summed E-state index contributed by atoms with van der Waals surface area (Å²) in [5.41, 5.74) is 0.809. The number of rotatable bonds is 3. The van der Waals surface area contributed by atoms with Crippen LogP contribution in [-0.2, 0) is 4.79 Å². The van der Waals surface area contributed by atoms with E-state index in [0.29, 0.717) is 0 Å². The van der Waals surface area contributed by atoms with E-state index >= 15 is 0 Å². The molecule has 5 heteroatoms. The van der Waals surface area contributed by atoms with Crippen molar-refractivity contribution in [2.45, 2.75) is 25.8 Å². The lowest BCUT2D eigenvalue weighted by Crippen LogP contribution is -2.41. The minimum atomic E-state index is -0.444. The Morgan fingerprint density at radius 2 is 2.37 bits per heavy atom. The van der Waals surface area contributed by atoms with Crippen molar-refractivity contribution in [3.63, 3.8) is 0 Å². The largest absolute Gasteiger partial charge is 0.349 e. The number of amides is 1. The molecule has 19 heavy (non-hydrogen) atoms. The molecule has 0 aliphatic carbocycles. The fraction of sp³-hybridized carbons (Fsp3) is 0.500. The zero-order chi connectivity index (χ0) is 13.8. The molecular formula is C14H18ClFN2O. The van der Waals surface area contributed by atoms with Gasteiger partial charge in [0.05, 0.1) is 17.0 Å². The van der Waals surface area contributed by atoms with Crippen LogP contribution in [0.1, 0.15) is 31.4 Å². The highest BCUT2D eigenvalue weighted by Crippen LogP contribution is 2.21. The van der Waals surface area contributed by atoms with E-state index in [4.69, 9.17) is 11.6 Å². The number of carbonyl (C=O) groups is 1. The average molecular weight is 285 g/mol. The summed E-state index contributed by atoms with van der Waals surface area (Å²) in [6.07, 6.45) is 1.94. The molecule has 0 radical (unpaired) electrons. The molecule has 1 heterocycles. The number of piperidine rings is 1. The Hall–Kier alpha value is -1.13. The normalized spacial score (nSPS) is 20.9. The van der Waals surface area contributed by atoms with Crippen LogP contribution >= 0.6 is 11.6 Å². The van der Waals surface area contributed by atoms with Gasteiger partial charge in [0, 0.05) is 6.54 Å². The van der Waals surface area contributed by atoms with Crippen molar-refractivity contribution in [3.05, 3.63) is 34.6 Å². The Balaban J connectivity index is 1.97. The van der Waals surface area contributed by atoms with Crippen molar-refractivity contribution < 1.29 is 9.18 Å². The molecule has 1 saturated heterocycles. The van der Waals surface area contributed by atoms with Gasteiger partial charge < -0.3 is 10.6 Å². The van der Waals surface area contributed by atoms with Crippen molar-refractivity contribution in [3.8, 4) is 0 Å². The predicted molar refractivity (Wildman–Crippen MR) is 73.6 cm³/mol. The van der Waals surface area contributed by atoms with Crippen LogP contribution in [-0.4, -0.2) is 19.0 Å². The van der Waals surface area contributed by atoms with Crippen LogP contribution < -0.4 is 10.6 Å². The zero-order valence-corrected chi connectivity index (χ0v) is 11.6. The van der Waals surface area contributed by atoms with Gasteiger partial charge in [-0.2, -0.15) is 0 Å². The van der Waals surface area contributed by atoms with Crippen molar-refractivity contribution >= 4 is 17.5 Å². The van der Waals surface area contributed by atoms with Crippen LogP contribution in [0, 0.1) is 11.7 Å². The van der Waals surface area contributed by atoms with E-state index in [-0.39, 0.29) is 22.9 Å². The molecule has 3 nitrogen and oxygen atoms in total. The molecular weight excluding hydrogens is 267 g/mol. The van der Waals surface area contributed by atoms with Gasteiger partial charge in [-0.15, -0.1) is 0 Å². The molecule has 0 spiro atoms. The monoisotopic (exact) mass is 284 g/mol. The molecule has 104 valence electrons. The molecule has 2 unspecified atom stereocenters. The molecule has 2 rings (SSSR count). The maximum Gasteiger partial charge on any atom is 0.224 e. The van der Waals surface area contributed by atoms with E-state index in [9.17, 15) is 9.18 Å². The lowest BCUT2D eigenvalue weighted by atomic mass is 9.98. The lowest BCUT2D eigenvalue weighted by Gasteiger charge is -2.24. The first kappa shape index (κ1) is 14.3. The standard InChI is InChI=1S/C14H18ClFN2O/c1-9(10-4-5-13(16)12(15)7-10)18-14(19)11-3-2-6-17-8-11/h4-5,7,9,11,17H,2-3,6,8H2,1H3,(H,18,19). The van der Waals surface area contributed by atoms with Crippen LogP contribution in [0.3, 0.4) is 0 Å². The third-order valence-corrected chi connectivity index (χ3v) is 3.76. The minimum absolute atomic E-state index is 0.0205. The van der Waals surface area contributed by atoms with E-state index in [1.165, 1.54) is 6.07 Å². The highest BCUT2D eigenvalue weighted by atomic mass is 35.5. The Bertz CT molecular complexity index is 461. The Morgan fingerprint density at radius 3 is 3.00 bits per heavy atom. The summed E-state index contributed by atoms with van der Waals surface area (Å²) in [6, 6.07) is 4.35. The molecule has 0 saturated carbocycles. The second-order valence-corrected chi connectivity index (χ2v) is 5.35. The van der Waals surface area contributed by atoms with Crippen molar-refractivity contribution in [2.24, 2.45) is 5.92 Å². The number of hydrogen-bond donors (Lipinski definition) is 2. The number of nitrogens with one attached hydrogen (secondary N) is 2. The fourth-order valence-electron chi connectivity index (χ4n) is 2.27. The zero-order valence-electron chi connectivity index (χ0n) is 10.9. The van der Waals surface area contributed by atoms with Gasteiger partial charge in [0.15, 0.2) is 0 Å². The molecule has 0 bridgehead atoms. The van der Waals surface area contributed by atoms with E-state index in [1.54, 1.807) is 12.1 Å². The molecule has 1 aromatic rings. The number of carbonyl (C=O) groups excluding carboxylic acids is 1. The van der Waals surface area contributed by atoms with Gasteiger partial charge in [0.1, 0.15) is 5.82 Å². The van der Waals surface area contributed by atoms with Gasteiger partial charge in [-0.3, -0.25) is 4.79 Å². The maximum absolute atomic E-state index is 13.1. The van der Waals surface area contributed by atoms with Crippen LogP contribution in [0.2, 0.25) is 5.02 Å². The van der Waals surface area contributed by atoms with Crippen molar-refractivity contribution in [1.29, 1.82) is 0 Å². The predicted octanol–water partition coefficient (Wildman–Crippen LogP) is 2.66. The number of benzene rings is 1. The van der Waals surface area contributed by atoms with Gasteiger partial charge in [0.2, 0.25) is 5.91 Å². The number of halogens is 2. The summed E-state index contributed by atoms with van der Waals surface area (Å²) < 4.78 is 13.1. The van der Waals surface area contributed by atoms with Crippen LogP contribution in [0.4, 0.5) is 4.39 Å². The quantitative estimate of drug-likeness (QED) is 0.896. The summed E-state index contributed by atoms with van der Waals surface area (Å²) in [7, 11) is 0. The van der Waals surface area contributed by atoms with E-state index in [0.717, 1.165) is 31.5 Å². The Labute approximate surface area is 117 Å². The lowest BCUT2D eigenvalue weighted by molar-refractivity contribution is -0.126. The summed E-state index contributed by atoms with van der Waals surface area (Å²) >= 11 is 5.75. The van der Waals surface area contributed by atoms with E-state index in [1.807, 2.05) is 6.92 Å². The summed E-state index contributed by atoms with van der Waals surface area (Å²) in [6.45, 7) is 3.58. The molecule has 0 aromatic heterocycles. The van der Waals surface area contributed by atoms with Crippen LogP contribution in [0.25, 0.3) is 0 Å². The first-order chi connectivity index (χ1) is 9.08. The molecule has 1 fully saturated rings. The summed E-state index contributed by atoms with van der Waals surface area (Å²) in [5, 5.41) is 6.25. The third kappa shape index (κ3) is 3.67. The first-order valence-electron chi connectivity index (χ1n) is 6.54. The maximum atomic E-state index is 13.1. The second-order valence-electron chi connectivity index (χ2n) is 4.95. The molecule has 2 N–H and O–H groups in total. The van der Waals surface area contributed by atoms with Gasteiger partial charge in [-0.1, -0.05) is 17.7 Å². The molecule has 1 aromatic carbocycles. The molecule has 1 aliphatic rings. The van der Waals surface area contributed by atoms with Crippen LogP contribution in [0.5, 0.6) is 0 Å². The Kier molecular flexibility index (Phi) is 4.77. The van der Waals surface area contributed by atoms with Crippen LogP contribution in [0.15, 0.2) is 18.2 Å². The van der Waals surface area contributed by atoms with Gasteiger partial charge in [-0.25, -0.2) is 4.39 Å². The van der Waals surface area contributed by atoms with Gasteiger partial charge in [0.25, 0.3) is 0 Å². The second kappa shape index (κ2) is 6.35. The van der Waals surface area contributed by atoms with Gasteiger partial charge >= 0.3 is 0 Å². The third-order valence-electron chi connectivity index (χ3n) is 3.47. The van der Waals surface area contributed by atoms with Crippen molar-refractivity contribution in [2.75, 3.05) is 13.1 Å².